The first-order valence-electron chi connectivity index (χ1n) is 44.5. The normalized spacial score (nSPS) is 15.0. The Balaban J connectivity index is 0.0000000949. The van der Waals surface area contributed by atoms with Crippen molar-refractivity contribution in [2.24, 2.45) is 0 Å². The molecule has 0 radical (unpaired) electrons. The summed E-state index contributed by atoms with van der Waals surface area (Å²) in [5.74, 6) is 3.50. The van der Waals surface area contributed by atoms with Gasteiger partial charge in [0.25, 0.3) is 0 Å². The molecule has 0 saturated heterocycles. The number of para-hydroxylation sites is 2. The number of hydrogen-bond donors (Lipinski definition) is 0. The van der Waals surface area contributed by atoms with E-state index in [0.29, 0.717) is 5.02 Å². The molecule has 0 N–H and O–H groups in total. The topological polar surface area (TPSA) is 18.5 Å². The molecule has 20 aromatic carbocycles. The minimum atomic E-state index is -0.449. The third kappa shape index (κ3) is 11.9. The van der Waals surface area contributed by atoms with Gasteiger partial charge in [0.2, 0.25) is 0 Å². The Kier molecular flexibility index (Phi) is 19.1. The molecule has 28 rings (SSSR count). The van der Waals surface area contributed by atoms with E-state index in [-0.39, 0.29) is 10.8 Å². The Hall–Kier alpha value is -14.1. The van der Waals surface area contributed by atoms with Gasteiger partial charge in [-0.25, -0.2) is 0 Å². The van der Waals surface area contributed by atoms with Crippen LogP contribution >= 0.6 is 69.9 Å². The van der Waals surface area contributed by atoms with Gasteiger partial charge in [0.15, 0.2) is 0 Å². The summed E-state index contributed by atoms with van der Waals surface area (Å²) in [4.78, 5) is 5.15. The lowest BCUT2D eigenvalue weighted by Gasteiger charge is -2.39. The van der Waals surface area contributed by atoms with Gasteiger partial charge in [-0.15, -0.1) is 0 Å². The Bertz CT molecular complexity index is 8080. The highest BCUT2D eigenvalue weighted by Gasteiger charge is 2.56. The molecule has 132 heavy (non-hydrogen) atoms. The first-order chi connectivity index (χ1) is 65.0. The van der Waals surface area contributed by atoms with Crippen LogP contribution in [0, 0.1) is 0 Å². The summed E-state index contributed by atoms with van der Waals surface area (Å²) in [7, 11) is 0. The molecule has 0 bridgehead atoms. The molecule has 1 unspecified atom stereocenters. The molecule has 2 nitrogen and oxygen atoms in total. The van der Waals surface area contributed by atoms with Crippen LogP contribution in [0.25, 0.3) is 94.7 Å². The molecule has 20 aromatic rings. The zero-order valence-electron chi connectivity index (χ0n) is 71.1. The molecule has 4 aliphatic carbocycles. The second kappa shape index (κ2) is 31.6. The number of halogens is 4. The van der Waals surface area contributed by atoms with Gasteiger partial charge >= 0.3 is 0 Å². The maximum absolute atomic E-state index is 6.57. The molecule has 0 aromatic heterocycles. The lowest BCUT2D eigenvalue weighted by Crippen LogP contribution is -2.32. The van der Waals surface area contributed by atoms with E-state index in [2.05, 4.69) is 401 Å². The van der Waals surface area contributed by atoms with Crippen LogP contribution in [0.4, 0.5) is 0 Å². The van der Waals surface area contributed by atoms with Crippen molar-refractivity contribution in [1.29, 1.82) is 0 Å². The van der Waals surface area contributed by atoms with Crippen molar-refractivity contribution >= 4 is 86.8 Å². The Morgan fingerprint density at radius 2 is 0.515 bits per heavy atom. The predicted molar refractivity (Wildman–Crippen MR) is 547 cm³/mol. The smallest absolute Gasteiger partial charge is 0.133 e. The van der Waals surface area contributed by atoms with Crippen LogP contribution in [0.15, 0.2) is 469 Å². The fourth-order valence-corrected chi connectivity index (χ4v) is 26.2. The minimum Gasteiger partial charge on any atom is -0.457 e. The summed E-state index contributed by atoms with van der Waals surface area (Å²) in [6.45, 7) is 3.97. The summed E-state index contributed by atoms with van der Waals surface area (Å²) < 4.78 is 12.9. The second-order valence-electron chi connectivity index (χ2n) is 34.7. The molecule has 624 valence electrons. The van der Waals surface area contributed by atoms with Gasteiger partial charge in [-0.3, -0.25) is 0 Å². The summed E-state index contributed by atoms with van der Waals surface area (Å²) in [5, 5.41) is 5.24. The highest BCUT2D eigenvalue weighted by Crippen LogP contribution is 2.68. The van der Waals surface area contributed by atoms with E-state index in [4.69, 9.17) is 55.9 Å². The molecule has 4 aliphatic heterocycles. The van der Waals surface area contributed by atoms with Crippen molar-refractivity contribution in [3.05, 3.63) is 564 Å². The largest absolute Gasteiger partial charge is 0.457 e. The van der Waals surface area contributed by atoms with Crippen molar-refractivity contribution in [2.75, 3.05) is 0 Å². The highest BCUT2D eigenvalue weighted by atomic mass is 35.5. The maximum atomic E-state index is 6.57. The Morgan fingerprint density at radius 3 is 1.03 bits per heavy atom. The average molecular weight is 1800 g/mol. The fraction of sp³-hybridized carbons (Fsp3) is 0.0323. The molecule has 1 atom stereocenters. The van der Waals surface area contributed by atoms with Gasteiger partial charge < -0.3 is 9.47 Å². The van der Waals surface area contributed by atoms with Crippen LogP contribution in [0.2, 0.25) is 20.1 Å². The summed E-state index contributed by atoms with van der Waals surface area (Å²) >= 11 is 29.2. The first-order valence-corrected chi connectivity index (χ1v) is 47.7. The van der Waals surface area contributed by atoms with Gasteiger partial charge in [0.05, 0.1) is 21.7 Å². The van der Waals surface area contributed by atoms with Crippen molar-refractivity contribution in [1.82, 2.24) is 0 Å². The number of hydrogen-bond acceptors (Lipinski definition) is 4. The molecule has 0 fully saturated rings. The van der Waals surface area contributed by atoms with E-state index in [0.717, 1.165) is 65.7 Å². The average Bonchev–Trinajstić information content (AvgIpc) is 1.52. The third-order valence-electron chi connectivity index (χ3n) is 28.2. The monoisotopic (exact) mass is 1800 g/mol. The van der Waals surface area contributed by atoms with E-state index in [1.54, 1.807) is 11.8 Å². The summed E-state index contributed by atoms with van der Waals surface area (Å²) in [5.41, 5.74) is 37.7. The van der Waals surface area contributed by atoms with Crippen molar-refractivity contribution in [3.63, 3.8) is 0 Å². The van der Waals surface area contributed by atoms with Gasteiger partial charge in [-0.2, -0.15) is 0 Å². The number of ether oxygens (including phenoxy) is 2. The predicted octanol–water partition coefficient (Wildman–Crippen LogP) is 34.8. The van der Waals surface area contributed by atoms with Gasteiger partial charge in [-0.05, 0) is 247 Å². The quantitative estimate of drug-likeness (QED) is 0.175. The minimum absolute atomic E-state index is 0.326. The molecular formula is C124H76Cl4O2S2. The van der Waals surface area contributed by atoms with Gasteiger partial charge in [0.1, 0.15) is 23.0 Å². The summed E-state index contributed by atoms with van der Waals surface area (Å²) in [6.07, 6.45) is 1.91. The second-order valence-corrected chi connectivity index (χ2v) is 38.5. The van der Waals surface area contributed by atoms with Crippen molar-refractivity contribution in [3.8, 4) is 101 Å². The molecule has 0 amide bonds. The van der Waals surface area contributed by atoms with Crippen LogP contribution in [0.3, 0.4) is 0 Å². The molecule has 4 heterocycles. The standard InChI is InChI=1S/C35H21ClS.2C31H19ClO.C27H17ClS/c36-32-20-18-23(24-9-1-2-11-26(24)32)22-17-19-29-27(21-22)25-10-3-4-12-28(25)35(29)30-13-5-7-15-33(30)37-34-16-8-6-14-31(34)35;32-22-16-13-20(14-17-22)21-15-18-28-30(19-21)33-29-12-6-5-11-27(29)31(28)25-9-3-1-7-23(25)24-8-2-4-10-26(24)31;32-22-15-17-28-30(19-22)33-29-13-7-6-12-27(29)31(28)25-11-5-4-10-23(25)24-18-21(14-16-26(24)31)20-8-2-1-3-9-20;1-2-17-11-13-23-25(15-17)29-26-16-18(28)12-14-24(26)27(23)21-9-5-3-7-19(21)20-8-4-6-10-22(20)27/h1-21H;2*1-19H;2-16H,1H2. The van der Waals surface area contributed by atoms with Gasteiger partial charge in [-0.1, -0.05) is 434 Å². The maximum Gasteiger partial charge on any atom is 0.133 e. The Labute approximate surface area is 795 Å². The van der Waals surface area contributed by atoms with Crippen molar-refractivity contribution < 1.29 is 9.47 Å². The fourth-order valence-electron chi connectivity index (χ4n) is 22.9. The van der Waals surface area contributed by atoms with Crippen LogP contribution < -0.4 is 9.47 Å². The van der Waals surface area contributed by atoms with E-state index < -0.39 is 10.8 Å². The SMILES string of the molecule is C=Cc1ccc2c(c1)Sc1cc(Cl)ccc1C21c2ccccc2-c2ccccc21.Clc1ccc(-c2ccc3c(c2)-c2ccccc2C32c3ccccc3Sc3ccccc32)c2ccccc12.Clc1ccc(-c2ccc3c(c2)Oc2ccccc2C32c3ccccc3-c3ccccc32)cc1.Clc1ccc2c(c1)Oc1ccccc1C21c2ccccc2-c2cc(-c3ccccc3)ccc21. The zero-order valence-corrected chi connectivity index (χ0v) is 75.7. The van der Waals surface area contributed by atoms with Gasteiger partial charge in [0, 0.05) is 67.3 Å². The molecule has 8 heteroatoms. The third-order valence-corrected chi connectivity index (χ3v) is 31.5. The zero-order chi connectivity index (χ0) is 88.1. The van der Waals surface area contributed by atoms with Crippen LogP contribution in [-0.4, -0.2) is 0 Å². The molecular weight excluding hydrogens is 1730 g/mol. The van der Waals surface area contributed by atoms with E-state index in [1.165, 1.54) is 175 Å². The number of rotatable bonds is 4. The Morgan fingerprint density at radius 1 is 0.197 bits per heavy atom. The lowest BCUT2D eigenvalue weighted by atomic mass is 9.66. The first kappa shape index (κ1) is 80.0. The van der Waals surface area contributed by atoms with Crippen molar-refractivity contribution in [2.45, 2.75) is 41.2 Å². The van der Waals surface area contributed by atoms with E-state index >= 15 is 0 Å². The molecule has 8 aliphatic rings. The lowest BCUT2D eigenvalue weighted by molar-refractivity contribution is 0.436. The van der Waals surface area contributed by atoms with E-state index in [9.17, 15) is 0 Å². The highest BCUT2D eigenvalue weighted by molar-refractivity contribution is 7.99. The number of fused-ring (bicyclic) bond motifs is 37. The summed E-state index contributed by atoms with van der Waals surface area (Å²) in [6, 6.07) is 158. The molecule has 0 saturated carbocycles. The van der Waals surface area contributed by atoms with Crippen LogP contribution in [0.5, 0.6) is 23.0 Å². The van der Waals surface area contributed by atoms with E-state index in [1.807, 2.05) is 66.4 Å². The molecule has 4 spiro atoms. The van der Waals surface area contributed by atoms with Crippen LogP contribution in [0.1, 0.15) is 94.6 Å². The number of benzene rings is 20. The van der Waals surface area contributed by atoms with Crippen LogP contribution in [-0.2, 0) is 21.7 Å².